The van der Waals surface area contributed by atoms with Crippen LogP contribution in [0.4, 0.5) is 0 Å². The Balaban J connectivity index is 0.000000108. The molecule has 52 valence electrons. The molecule has 0 N–H and O–H groups in total. The second-order valence-electron chi connectivity index (χ2n) is 2.19. The summed E-state index contributed by atoms with van der Waals surface area (Å²) >= 11 is 0. The molecule has 0 aliphatic heterocycles. The van der Waals surface area contributed by atoms with Gasteiger partial charge in [0.1, 0.15) is 5.78 Å². The highest BCUT2D eigenvalue weighted by atomic mass is 16.1. The summed E-state index contributed by atoms with van der Waals surface area (Å²) in [7, 11) is 0. The van der Waals surface area contributed by atoms with Crippen molar-refractivity contribution in [2.24, 2.45) is 0 Å². The van der Waals surface area contributed by atoms with Crippen molar-refractivity contribution in [2.75, 3.05) is 0 Å². The molecule has 1 saturated carbocycles. The van der Waals surface area contributed by atoms with E-state index in [0.29, 0.717) is 5.78 Å². The molecule has 1 fully saturated rings. The van der Waals surface area contributed by atoms with Crippen LogP contribution in [-0.4, -0.2) is 5.78 Å². The van der Waals surface area contributed by atoms with Crippen LogP contribution in [0.1, 0.15) is 12.8 Å². The van der Waals surface area contributed by atoms with Crippen LogP contribution in [-0.2, 0) is 4.79 Å². The molecule has 0 unspecified atom stereocenters. The summed E-state index contributed by atoms with van der Waals surface area (Å²) in [5, 5.41) is 0. The Bertz CT molecular complexity index is 158. The maximum Gasteiger partial charge on any atom is 0.133 e. The van der Waals surface area contributed by atoms with Gasteiger partial charge in [0.25, 0.3) is 0 Å². The maximum absolute atomic E-state index is 9.56. The fraction of sp³-hybridized carbons (Fsp3) is 0.222. The van der Waals surface area contributed by atoms with Crippen LogP contribution < -0.4 is 0 Å². The van der Waals surface area contributed by atoms with Crippen LogP contribution in [0.25, 0.3) is 0 Å². The fourth-order valence-corrected chi connectivity index (χ4v) is 0.436. The van der Waals surface area contributed by atoms with Crippen LogP contribution in [0.15, 0.2) is 36.4 Å². The molecule has 1 aromatic carbocycles. The molecule has 1 aliphatic carbocycles. The topological polar surface area (TPSA) is 17.1 Å². The molecule has 1 nitrogen and oxygen atoms in total. The van der Waals surface area contributed by atoms with Gasteiger partial charge in [0.05, 0.1) is 0 Å². The summed E-state index contributed by atoms with van der Waals surface area (Å²) in [6.45, 7) is 0. The minimum Gasteiger partial charge on any atom is -0.300 e. The molecule has 2 rings (SSSR count). The van der Waals surface area contributed by atoms with E-state index in [2.05, 4.69) is 0 Å². The number of rotatable bonds is 0. The normalized spacial score (nSPS) is 13.4. The van der Waals surface area contributed by atoms with Crippen molar-refractivity contribution in [3.8, 4) is 0 Å². The smallest absolute Gasteiger partial charge is 0.133 e. The number of hydrogen-bond acceptors (Lipinski definition) is 1. The van der Waals surface area contributed by atoms with Gasteiger partial charge >= 0.3 is 0 Å². The van der Waals surface area contributed by atoms with Crippen molar-refractivity contribution < 1.29 is 4.79 Å². The number of Topliss-reactive ketones (excluding diaryl/α,β-unsaturated/α-hetero) is 1. The number of carbonyl (C=O) groups is 1. The van der Waals surface area contributed by atoms with E-state index in [1.54, 1.807) is 0 Å². The van der Waals surface area contributed by atoms with Gasteiger partial charge in [0.15, 0.2) is 0 Å². The van der Waals surface area contributed by atoms with E-state index in [1.807, 2.05) is 36.4 Å². The van der Waals surface area contributed by atoms with E-state index in [-0.39, 0.29) is 0 Å². The minimum absolute atomic E-state index is 0.417. The fourth-order valence-electron chi connectivity index (χ4n) is 0.436. The van der Waals surface area contributed by atoms with Crippen molar-refractivity contribution >= 4 is 5.78 Å². The summed E-state index contributed by atoms with van der Waals surface area (Å²) in [6.07, 6.45) is 1.69. The van der Waals surface area contributed by atoms with E-state index in [0.717, 1.165) is 12.8 Å². The third-order valence-electron chi connectivity index (χ3n) is 1.12. The second-order valence-corrected chi connectivity index (χ2v) is 2.19. The predicted octanol–water partition coefficient (Wildman–Crippen LogP) is 2.04. The molecule has 0 bridgehead atoms. The summed E-state index contributed by atoms with van der Waals surface area (Å²) < 4.78 is 0. The highest BCUT2D eigenvalue weighted by molar-refractivity contribution is 5.92. The number of benzene rings is 1. The lowest BCUT2D eigenvalue weighted by molar-refractivity contribution is -0.109. The average Bonchev–Trinajstić information content (AvgIpc) is 2.77. The van der Waals surface area contributed by atoms with Crippen molar-refractivity contribution in [3.05, 3.63) is 36.4 Å². The van der Waals surface area contributed by atoms with Crippen molar-refractivity contribution in [3.63, 3.8) is 0 Å². The van der Waals surface area contributed by atoms with Crippen LogP contribution in [0.2, 0.25) is 0 Å². The third kappa shape index (κ3) is 3.84. The van der Waals surface area contributed by atoms with Crippen LogP contribution in [0.3, 0.4) is 0 Å². The monoisotopic (exact) mass is 134 g/mol. The largest absolute Gasteiger partial charge is 0.300 e. The Kier molecular flexibility index (Phi) is 2.68. The van der Waals surface area contributed by atoms with Gasteiger partial charge in [-0.2, -0.15) is 0 Å². The first-order valence-corrected chi connectivity index (χ1v) is 3.41. The average molecular weight is 134 g/mol. The molecule has 0 heterocycles. The first kappa shape index (κ1) is 7.00. The van der Waals surface area contributed by atoms with Crippen LogP contribution >= 0.6 is 0 Å². The van der Waals surface area contributed by atoms with Gasteiger partial charge in [-0.15, -0.1) is 0 Å². The van der Waals surface area contributed by atoms with Crippen molar-refractivity contribution in [1.29, 1.82) is 0 Å². The highest BCUT2D eigenvalue weighted by Crippen LogP contribution is 2.08. The Morgan fingerprint density at radius 3 is 1.10 bits per heavy atom. The van der Waals surface area contributed by atoms with Crippen LogP contribution in [0.5, 0.6) is 0 Å². The van der Waals surface area contributed by atoms with Gasteiger partial charge in [-0.05, 0) is 0 Å². The van der Waals surface area contributed by atoms with E-state index in [4.69, 9.17) is 0 Å². The molecule has 0 amide bonds. The molecular weight excluding hydrogens is 124 g/mol. The maximum atomic E-state index is 9.56. The Morgan fingerprint density at radius 1 is 0.800 bits per heavy atom. The van der Waals surface area contributed by atoms with Gasteiger partial charge in [-0.1, -0.05) is 36.4 Å². The summed E-state index contributed by atoms with van der Waals surface area (Å²) in [5.41, 5.74) is 0. The Hall–Kier alpha value is -1.11. The van der Waals surface area contributed by atoms with Crippen molar-refractivity contribution in [1.82, 2.24) is 0 Å². The summed E-state index contributed by atoms with van der Waals surface area (Å²) in [5.74, 6) is 0.417. The van der Waals surface area contributed by atoms with Gasteiger partial charge < -0.3 is 0 Å². The lowest BCUT2D eigenvalue weighted by atomic mass is 10.4. The standard InChI is InChI=1S/C6H6.C3H4O/c1-2-4-6-5-3-1;4-3-1-2-3/h1-6H;1-2H2. The summed E-state index contributed by atoms with van der Waals surface area (Å²) in [4.78, 5) is 9.56. The van der Waals surface area contributed by atoms with E-state index >= 15 is 0 Å². The van der Waals surface area contributed by atoms with Crippen molar-refractivity contribution in [2.45, 2.75) is 12.8 Å². The van der Waals surface area contributed by atoms with Gasteiger partial charge in [0.2, 0.25) is 0 Å². The summed E-state index contributed by atoms with van der Waals surface area (Å²) in [6, 6.07) is 12.0. The zero-order valence-electron chi connectivity index (χ0n) is 5.79. The molecule has 0 atom stereocenters. The van der Waals surface area contributed by atoms with Gasteiger partial charge in [0, 0.05) is 12.8 Å². The lowest BCUT2D eigenvalue weighted by Gasteiger charge is -1.69. The van der Waals surface area contributed by atoms with Crippen LogP contribution in [0, 0.1) is 0 Å². The second kappa shape index (κ2) is 3.83. The number of ketones is 1. The lowest BCUT2D eigenvalue weighted by Crippen LogP contribution is -1.47. The molecule has 0 saturated heterocycles. The SMILES string of the molecule is O=C1CC1.c1ccccc1. The van der Waals surface area contributed by atoms with E-state index in [9.17, 15) is 4.79 Å². The van der Waals surface area contributed by atoms with Gasteiger partial charge in [-0.3, -0.25) is 4.79 Å². The minimum atomic E-state index is 0.417. The first-order valence-electron chi connectivity index (χ1n) is 3.41. The Labute approximate surface area is 60.7 Å². The molecule has 1 heteroatoms. The zero-order valence-corrected chi connectivity index (χ0v) is 5.79. The molecule has 0 spiro atoms. The Morgan fingerprint density at radius 2 is 1.00 bits per heavy atom. The highest BCUT2D eigenvalue weighted by Gasteiger charge is 2.13. The number of carbonyl (C=O) groups excluding carboxylic acids is 1. The quantitative estimate of drug-likeness (QED) is 0.530. The number of hydrogen-bond donors (Lipinski definition) is 0. The third-order valence-corrected chi connectivity index (χ3v) is 1.12. The molecule has 0 radical (unpaired) electrons. The molecule has 1 aromatic rings. The molecule has 1 aliphatic rings. The van der Waals surface area contributed by atoms with E-state index < -0.39 is 0 Å². The predicted molar refractivity (Wildman–Crippen MR) is 40.7 cm³/mol. The molecule has 10 heavy (non-hydrogen) atoms. The van der Waals surface area contributed by atoms with E-state index in [1.165, 1.54) is 0 Å². The zero-order chi connectivity index (χ0) is 7.23. The molecular formula is C9H10O. The molecule has 0 aromatic heterocycles. The van der Waals surface area contributed by atoms with Gasteiger partial charge in [-0.25, -0.2) is 0 Å². The first-order chi connectivity index (χ1) is 4.89.